The molecule has 0 aromatic heterocycles. The fraction of sp³-hybridized carbons (Fsp3) is 0.500. The van der Waals surface area contributed by atoms with Gasteiger partial charge >= 0.3 is 0 Å². The highest BCUT2D eigenvalue weighted by atomic mass is 32.1. The van der Waals surface area contributed by atoms with Gasteiger partial charge in [-0.1, -0.05) is 44.2 Å². The smallest absolute Gasteiger partial charge is 0.0969 e. The van der Waals surface area contributed by atoms with Gasteiger partial charge in [-0.2, -0.15) is 0 Å². The summed E-state index contributed by atoms with van der Waals surface area (Å²) >= 11 is 4.01. The Morgan fingerprint density at radius 1 is 1.29 bits per heavy atom. The van der Waals surface area contributed by atoms with Gasteiger partial charge in [0.1, 0.15) is 0 Å². The van der Waals surface area contributed by atoms with Crippen LogP contribution >= 0.6 is 12.6 Å². The first-order valence-corrected chi connectivity index (χ1v) is 5.41. The van der Waals surface area contributed by atoms with E-state index in [1.807, 2.05) is 18.2 Å². The van der Waals surface area contributed by atoms with Crippen LogP contribution in [0.2, 0.25) is 0 Å². The number of rotatable bonds is 4. The molecular weight excluding hydrogens is 192 g/mol. The van der Waals surface area contributed by atoms with Crippen LogP contribution in [0.3, 0.4) is 0 Å². The lowest BCUT2D eigenvalue weighted by molar-refractivity contribution is 0.185. The van der Waals surface area contributed by atoms with Crippen LogP contribution in [0.15, 0.2) is 30.3 Å². The van der Waals surface area contributed by atoms with Crippen LogP contribution in [0.25, 0.3) is 0 Å². The molecule has 0 spiro atoms. The van der Waals surface area contributed by atoms with Crippen molar-refractivity contribution >= 4 is 12.6 Å². The van der Waals surface area contributed by atoms with Crippen molar-refractivity contribution in [3.63, 3.8) is 0 Å². The lowest BCUT2D eigenvalue weighted by Gasteiger charge is -2.25. The summed E-state index contributed by atoms with van der Waals surface area (Å²) in [4.78, 5) is 0. The molecular formula is C12H18OS. The SMILES string of the molecule is CC(C)(Cc1ccccc1)CC(O)S. The number of aliphatic hydroxyl groups is 1. The van der Waals surface area contributed by atoms with E-state index in [2.05, 4.69) is 38.6 Å². The fourth-order valence-corrected chi connectivity index (χ4v) is 2.21. The van der Waals surface area contributed by atoms with Gasteiger partial charge in [0.05, 0.1) is 5.44 Å². The second-order valence-electron chi connectivity index (χ2n) is 4.51. The average molecular weight is 210 g/mol. The molecule has 0 saturated carbocycles. The van der Waals surface area contributed by atoms with Crippen molar-refractivity contribution in [2.75, 3.05) is 0 Å². The van der Waals surface area contributed by atoms with Crippen LogP contribution in [0.1, 0.15) is 25.8 Å². The molecule has 1 atom stereocenters. The van der Waals surface area contributed by atoms with Gasteiger partial charge < -0.3 is 5.11 Å². The zero-order valence-electron chi connectivity index (χ0n) is 8.77. The quantitative estimate of drug-likeness (QED) is 0.578. The summed E-state index contributed by atoms with van der Waals surface area (Å²) in [5.74, 6) is 0. The van der Waals surface area contributed by atoms with E-state index in [4.69, 9.17) is 0 Å². The highest BCUT2D eigenvalue weighted by molar-refractivity contribution is 7.80. The molecule has 0 aliphatic carbocycles. The largest absolute Gasteiger partial charge is 0.383 e. The lowest BCUT2D eigenvalue weighted by Crippen LogP contribution is -2.19. The minimum absolute atomic E-state index is 0.0997. The molecule has 0 aliphatic heterocycles. The number of aliphatic hydroxyl groups excluding tert-OH is 1. The van der Waals surface area contributed by atoms with E-state index in [9.17, 15) is 5.11 Å². The third-order valence-corrected chi connectivity index (χ3v) is 2.44. The molecule has 0 amide bonds. The van der Waals surface area contributed by atoms with Crippen LogP contribution in [0.4, 0.5) is 0 Å². The molecule has 1 aromatic rings. The molecule has 1 aromatic carbocycles. The summed E-state index contributed by atoms with van der Waals surface area (Å²) in [6.45, 7) is 4.30. The van der Waals surface area contributed by atoms with Crippen molar-refractivity contribution in [2.24, 2.45) is 5.41 Å². The molecule has 0 saturated heterocycles. The van der Waals surface area contributed by atoms with Crippen molar-refractivity contribution in [3.8, 4) is 0 Å². The van der Waals surface area contributed by atoms with Gasteiger partial charge in [-0.25, -0.2) is 0 Å². The molecule has 0 bridgehead atoms. The molecule has 2 heteroatoms. The maximum absolute atomic E-state index is 9.23. The Labute approximate surface area is 91.6 Å². The maximum Gasteiger partial charge on any atom is 0.0969 e. The predicted molar refractivity (Wildman–Crippen MR) is 63.5 cm³/mol. The van der Waals surface area contributed by atoms with Crippen LogP contribution in [-0.2, 0) is 6.42 Å². The van der Waals surface area contributed by atoms with E-state index in [0.29, 0.717) is 6.42 Å². The van der Waals surface area contributed by atoms with Gasteiger partial charge in [0.2, 0.25) is 0 Å². The fourth-order valence-electron chi connectivity index (χ4n) is 1.71. The van der Waals surface area contributed by atoms with Gasteiger partial charge in [-0.15, -0.1) is 12.6 Å². The maximum atomic E-state index is 9.23. The molecule has 1 unspecified atom stereocenters. The first-order valence-electron chi connectivity index (χ1n) is 4.90. The van der Waals surface area contributed by atoms with Crippen LogP contribution in [0.5, 0.6) is 0 Å². The molecule has 14 heavy (non-hydrogen) atoms. The van der Waals surface area contributed by atoms with Crippen molar-refractivity contribution in [1.29, 1.82) is 0 Å². The summed E-state index contributed by atoms with van der Waals surface area (Å²) in [5, 5.41) is 9.23. The minimum atomic E-state index is -0.520. The standard InChI is InChI=1S/C12H18OS/c1-12(2,9-11(13)14)8-10-6-4-3-5-7-10/h3-7,11,13-14H,8-9H2,1-2H3. The number of hydrogen-bond acceptors (Lipinski definition) is 2. The van der Waals surface area contributed by atoms with Crippen molar-refractivity contribution in [1.82, 2.24) is 0 Å². The Balaban J connectivity index is 2.59. The van der Waals surface area contributed by atoms with Gasteiger partial charge in [0.15, 0.2) is 0 Å². The average Bonchev–Trinajstić information content (AvgIpc) is 2.02. The molecule has 0 heterocycles. The molecule has 1 rings (SSSR count). The van der Waals surface area contributed by atoms with Gasteiger partial charge in [-0.05, 0) is 23.8 Å². The van der Waals surface area contributed by atoms with Gasteiger partial charge in [-0.3, -0.25) is 0 Å². The Kier molecular flexibility index (Phi) is 4.02. The predicted octanol–water partition coefficient (Wildman–Crippen LogP) is 2.89. The molecule has 1 N–H and O–H groups in total. The summed E-state index contributed by atoms with van der Waals surface area (Å²) < 4.78 is 0. The second-order valence-corrected chi connectivity index (χ2v) is 5.11. The van der Waals surface area contributed by atoms with Crippen LogP contribution in [0, 0.1) is 5.41 Å². The number of benzene rings is 1. The first kappa shape index (κ1) is 11.6. The Morgan fingerprint density at radius 2 is 1.86 bits per heavy atom. The lowest BCUT2D eigenvalue weighted by atomic mass is 9.83. The van der Waals surface area contributed by atoms with E-state index in [0.717, 1.165) is 6.42 Å². The summed E-state index contributed by atoms with van der Waals surface area (Å²) in [6.07, 6.45) is 1.69. The zero-order valence-corrected chi connectivity index (χ0v) is 9.67. The molecule has 78 valence electrons. The Morgan fingerprint density at radius 3 is 2.36 bits per heavy atom. The van der Waals surface area contributed by atoms with Crippen molar-refractivity contribution in [3.05, 3.63) is 35.9 Å². The van der Waals surface area contributed by atoms with E-state index in [1.54, 1.807) is 0 Å². The minimum Gasteiger partial charge on any atom is -0.383 e. The third kappa shape index (κ3) is 4.16. The normalized spacial score (nSPS) is 14.0. The Hall–Kier alpha value is -0.470. The van der Waals surface area contributed by atoms with E-state index < -0.39 is 5.44 Å². The zero-order chi connectivity index (χ0) is 10.6. The second kappa shape index (κ2) is 4.85. The summed E-state index contributed by atoms with van der Waals surface area (Å²) in [7, 11) is 0. The molecule has 1 nitrogen and oxygen atoms in total. The third-order valence-electron chi connectivity index (χ3n) is 2.26. The van der Waals surface area contributed by atoms with Crippen LogP contribution in [-0.4, -0.2) is 10.5 Å². The highest BCUT2D eigenvalue weighted by Gasteiger charge is 2.20. The summed E-state index contributed by atoms with van der Waals surface area (Å²) in [5.41, 5.74) is 0.892. The Bertz CT molecular complexity index is 267. The number of thiol groups is 1. The van der Waals surface area contributed by atoms with Crippen LogP contribution < -0.4 is 0 Å². The topological polar surface area (TPSA) is 20.2 Å². The molecule has 0 fully saturated rings. The number of hydrogen-bond donors (Lipinski definition) is 2. The van der Waals surface area contributed by atoms with E-state index >= 15 is 0 Å². The molecule has 0 radical (unpaired) electrons. The highest BCUT2D eigenvalue weighted by Crippen LogP contribution is 2.28. The molecule has 0 aliphatic rings. The first-order chi connectivity index (χ1) is 6.49. The van der Waals surface area contributed by atoms with Gasteiger partial charge in [0, 0.05) is 0 Å². The van der Waals surface area contributed by atoms with E-state index in [1.165, 1.54) is 5.56 Å². The van der Waals surface area contributed by atoms with Crippen molar-refractivity contribution in [2.45, 2.75) is 32.1 Å². The monoisotopic (exact) mass is 210 g/mol. The van der Waals surface area contributed by atoms with Gasteiger partial charge in [0.25, 0.3) is 0 Å². The summed E-state index contributed by atoms with van der Waals surface area (Å²) in [6, 6.07) is 10.3. The van der Waals surface area contributed by atoms with Crippen molar-refractivity contribution < 1.29 is 5.11 Å². The van der Waals surface area contributed by atoms with E-state index in [-0.39, 0.29) is 5.41 Å².